The zero-order chi connectivity index (χ0) is 38.6. The molecule has 1 aliphatic carbocycles. The number of aromatic nitrogens is 3. The average Bonchev–Trinajstić information content (AvgIpc) is 3.96. The van der Waals surface area contributed by atoms with Crippen molar-refractivity contribution in [3.8, 4) is 28.5 Å². The van der Waals surface area contributed by atoms with Gasteiger partial charge in [0.15, 0.2) is 22.9 Å². The number of aliphatic hydroxyl groups excluding tert-OH is 1. The lowest BCUT2D eigenvalue weighted by Gasteiger charge is -2.22. The number of benzene rings is 3. The van der Waals surface area contributed by atoms with Crippen molar-refractivity contribution in [2.75, 3.05) is 38.6 Å². The second-order valence-corrected chi connectivity index (χ2v) is 14.3. The van der Waals surface area contributed by atoms with Gasteiger partial charge in [0.2, 0.25) is 11.8 Å². The number of carbonyl (C=O) groups is 1. The molecule has 5 aromatic rings. The Hall–Kier alpha value is -5.19. The Morgan fingerprint density at radius 3 is 2.44 bits per heavy atom. The van der Waals surface area contributed by atoms with Crippen LogP contribution in [0.25, 0.3) is 33.7 Å². The van der Waals surface area contributed by atoms with Crippen molar-refractivity contribution >= 4 is 22.9 Å². The van der Waals surface area contributed by atoms with Gasteiger partial charge >= 0.3 is 12.1 Å². The van der Waals surface area contributed by atoms with Crippen LogP contribution in [0.5, 0.6) is 5.88 Å². The van der Waals surface area contributed by atoms with E-state index in [9.17, 15) is 28.2 Å². The predicted molar refractivity (Wildman–Crippen MR) is 190 cm³/mol. The lowest BCUT2D eigenvalue weighted by Crippen LogP contribution is -2.25. The summed E-state index contributed by atoms with van der Waals surface area (Å²) in [5.74, 6) is -3.34. The van der Waals surface area contributed by atoms with Gasteiger partial charge < -0.3 is 24.7 Å². The fourth-order valence-electron chi connectivity index (χ4n) is 8.00. The van der Waals surface area contributed by atoms with Crippen molar-refractivity contribution in [2.45, 2.75) is 57.1 Å². The van der Waals surface area contributed by atoms with Crippen molar-refractivity contribution in [3.63, 3.8) is 0 Å². The SMILES string of the molecule is COc1nc(N[C@@H]2CCc3c(-c4cccc(-c5nc6cc(CN7CC[C@@H](C(=O)O)C7)cc(F)c6o5)c4F)cccc32)c(C(F)(F)F)nc1CN1CC[C@@H](O)C1. The minimum Gasteiger partial charge on any atom is -0.481 e. The number of carboxylic acids is 1. The maximum atomic E-state index is 16.5. The number of anilines is 1. The van der Waals surface area contributed by atoms with Gasteiger partial charge in [0.05, 0.1) is 30.7 Å². The maximum absolute atomic E-state index is 16.5. The number of oxazole rings is 1. The van der Waals surface area contributed by atoms with Gasteiger partial charge in [-0.1, -0.05) is 30.3 Å². The van der Waals surface area contributed by atoms with E-state index in [0.29, 0.717) is 75.1 Å². The van der Waals surface area contributed by atoms with E-state index in [1.807, 2.05) is 4.90 Å². The summed E-state index contributed by atoms with van der Waals surface area (Å²) in [7, 11) is 1.31. The number of ether oxygens (including phenoxy) is 1. The highest BCUT2D eigenvalue weighted by molar-refractivity contribution is 5.80. The number of hydrogen-bond acceptors (Lipinski definition) is 10. The van der Waals surface area contributed by atoms with Crippen LogP contribution < -0.4 is 10.1 Å². The van der Waals surface area contributed by atoms with Gasteiger partial charge in [-0.25, -0.2) is 18.7 Å². The molecule has 8 rings (SSSR count). The summed E-state index contributed by atoms with van der Waals surface area (Å²) in [6.45, 7) is 2.09. The molecule has 3 aromatic carbocycles. The first-order valence-electron chi connectivity index (χ1n) is 18.0. The Morgan fingerprint density at radius 2 is 1.71 bits per heavy atom. The number of nitrogens with one attached hydrogen (secondary N) is 1. The number of alkyl halides is 3. The first kappa shape index (κ1) is 36.8. The van der Waals surface area contributed by atoms with Crippen molar-refractivity contribution in [3.05, 3.63) is 88.2 Å². The van der Waals surface area contributed by atoms with Gasteiger partial charge in [0.1, 0.15) is 17.0 Å². The minimum absolute atomic E-state index is 0.00415. The molecule has 2 fully saturated rings. The summed E-state index contributed by atoms with van der Waals surface area (Å²) in [5, 5.41) is 22.2. The summed E-state index contributed by atoms with van der Waals surface area (Å²) in [6, 6.07) is 12.3. The Balaban J connectivity index is 1.07. The summed E-state index contributed by atoms with van der Waals surface area (Å²) in [5.41, 5.74) is 1.65. The number of fused-ring (bicyclic) bond motifs is 2. The lowest BCUT2D eigenvalue weighted by molar-refractivity contribution is -0.142. The molecule has 0 saturated carbocycles. The molecule has 0 spiro atoms. The number of halogens is 5. The molecule has 16 heteroatoms. The third-order valence-corrected chi connectivity index (χ3v) is 10.6. The maximum Gasteiger partial charge on any atom is 0.437 e. The highest BCUT2D eigenvalue weighted by atomic mass is 19.4. The first-order chi connectivity index (χ1) is 26.4. The van der Waals surface area contributed by atoms with Crippen LogP contribution >= 0.6 is 0 Å². The number of carboxylic acid groups (broad SMARTS) is 1. The number of β-amino-alcohol motifs (C(OH)–C–C–N with tert-alkyl or cyclic N) is 1. The lowest BCUT2D eigenvalue weighted by atomic mass is 9.94. The summed E-state index contributed by atoms with van der Waals surface area (Å²) in [6.07, 6.45) is -3.56. The van der Waals surface area contributed by atoms with Gasteiger partial charge in [-0.2, -0.15) is 18.2 Å². The van der Waals surface area contributed by atoms with Gasteiger partial charge in [-0.05, 0) is 72.7 Å². The molecule has 0 amide bonds. The van der Waals surface area contributed by atoms with E-state index in [1.54, 1.807) is 41.3 Å². The number of rotatable bonds is 10. The molecule has 0 radical (unpaired) electrons. The molecule has 3 N–H and O–H groups in total. The summed E-state index contributed by atoms with van der Waals surface area (Å²) in [4.78, 5) is 27.7. The third kappa shape index (κ3) is 7.21. The zero-order valence-corrected chi connectivity index (χ0v) is 29.7. The van der Waals surface area contributed by atoms with Crippen LogP contribution in [0.15, 0.2) is 52.9 Å². The number of aliphatic carboxylic acids is 1. The van der Waals surface area contributed by atoms with E-state index in [0.717, 1.165) is 5.56 Å². The Labute approximate surface area is 311 Å². The molecule has 3 atom stereocenters. The third-order valence-electron chi connectivity index (χ3n) is 10.6. The van der Waals surface area contributed by atoms with Gasteiger partial charge in [0.25, 0.3) is 0 Å². The Kier molecular flexibility index (Phi) is 9.67. The molecule has 11 nitrogen and oxygen atoms in total. The smallest absolute Gasteiger partial charge is 0.437 e. The first-order valence-corrected chi connectivity index (χ1v) is 18.0. The van der Waals surface area contributed by atoms with E-state index in [-0.39, 0.29) is 46.2 Å². The zero-order valence-electron chi connectivity index (χ0n) is 29.7. The van der Waals surface area contributed by atoms with Crippen molar-refractivity contribution in [1.82, 2.24) is 24.8 Å². The molecule has 2 aromatic heterocycles. The predicted octanol–water partition coefficient (Wildman–Crippen LogP) is 6.83. The summed E-state index contributed by atoms with van der Waals surface area (Å²) >= 11 is 0. The van der Waals surface area contributed by atoms with Crippen LogP contribution in [0.4, 0.5) is 27.8 Å². The van der Waals surface area contributed by atoms with Crippen LogP contribution in [0.1, 0.15) is 53.4 Å². The second-order valence-electron chi connectivity index (χ2n) is 14.3. The van der Waals surface area contributed by atoms with Crippen molar-refractivity contribution < 1.29 is 46.1 Å². The number of methoxy groups -OCH3 is 1. The fraction of sp³-hybridized carbons (Fsp3) is 0.385. The molecule has 2 saturated heterocycles. The van der Waals surface area contributed by atoms with E-state index in [4.69, 9.17) is 9.15 Å². The Morgan fingerprint density at radius 1 is 0.964 bits per heavy atom. The van der Waals surface area contributed by atoms with Crippen LogP contribution in [0, 0.1) is 17.6 Å². The summed E-state index contributed by atoms with van der Waals surface area (Å²) < 4.78 is 86.1. The monoisotopic (exact) mass is 764 g/mol. The molecule has 3 aliphatic rings. The van der Waals surface area contributed by atoms with Crippen LogP contribution in [0.2, 0.25) is 0 Å². The quantitative estimate of drug-likeness (QED) is 0.129. The van der Waals surface area contributed by atoms with E-state index in [1.165, 1.54) is 19.2 Å². The van der Waals surface area contributed by atoms with Crippen LogP contribution in [0.3, 0.4) is 0 Å². The number of likely N-dealkylation sites (tertiary alicyclic amines) is 2. The van der Waals surface area contributed by atoms with Gasteiger partial charge in [0, 0.05) is 38.3 Å². The van der Waals surface area contributed by atoms with Gasteiger partial charge in [-0.15, -0.1) is 0 Å². The highest BCUT2D eigenvalue weighted by Crippen LogP contribution is 2.43. The molecule has 0 bridgehead atoms. The standard InChI is InChI=1S/C39H37F5N6O5/c1-54-37-31(19-50-13-11-22(51)18-50)45-34(39(42,43)44)35(48-37)46-29-9-8-24-23(4-2-5-25(24)29)26-6-3-7-27(32(26)41)36-47-30-15-20(14-28(40)33(30)55-36)16-49-12-10-21(17-49)38(52)53/h2-7,14-15,21-22,29,51H,8-13,16-19H2,1H3,(H,46,48)(H,52,53)/t21-,22-,29-/m1/s1. The van der Waals surface area contributed by atoms with Crippen LogP contribution in [-0.4, -0.2) is 80.3 Å². The van der Waals surface area contributed by atoms with E-state index >= 15 is 8.78 Å². The molecule has 4 heterocycles. The average molecular weight is 765 g/mol. The largest absolute Gasteiger partial charge is 0.481 e. The molecule has 288 valence electrons. The topological polar surface area (TPSA) is 137 Å². The van der Waals surface area contributed by atoms with E-state index in [2.05, 4.69) is 20.3 Å². The van der Waals surface area contributed by atoms with E-state index < -0.39 is 53.4 Å². The minimum atomic E-state index is -4.83. The second kappa shape index (κ2) is 14.5. The molecule has 55 heavy (non-hydrogen) atoms. The van der Waals surface area contributed by atoms with Crippen LogP contribution in [-0.2, 0) is 30.5 Å². The normalized spacial score (nSPS) is 20.4. The highest BCUT2D eigenvalue weighted by Gasteiger charge is 2.40. The number of aliphatic hydroxyl groups is 1. The Bertz CT molecular complexity index is 2280. The molecular weight excluding hydrogens is 727 g/mol. The molecular formula is C39H37F5N6O5. The fourth-order valence-corrected chi connectivity index (χ4v) is 8.00. The molecule has 2 aliphatic heterocycles. The number of hydrogen-bond donors (Lipinski definition) is 3. The van der Waals surface area contributed by atoms with Crippen molar-refractivity contribution in [1.29, 1.82) is 0 Å². The van der Waals surface area contributed by atoms with Gasteiger partial charge in [-0.3, -0.25) is 14.6 Å². The van der Waals surface area contributed by atoms with Crippen molar-refractivity contribution in [2.24, 2.45) is 5.92 Å². The molecule has 0 unspecified atom stereocenters. The number of nitrogens with zero attached hydrogens (tertiary/aromatic N) is 5.